The van der Waals surface area contributed by atoms with Crippen LogP contribution in [0, 0.1) is 6.92 Å². The Balaban J connectivity index is 2.16. The summed E-state index contributed by atoms with van der Waals surface area (Å²) in [6.45, 7) is 1.83. The molecule has 0 aliphatic carbocycles. The molecule has 86 valence electrons. The lowest BCUT2D eigenvalue weighted by Crippen LogP contribution is -2.10. The molecule has 17 heavy (non-hydrogen) atoms. The van der Waals surface area contributed by atoms with E-state index in [0.29, 0.717) is 17.2 Å². The zero-order chi connectivity index (χ0) is 12.3. The summed E-state index contributed by atoms with van der Waals surface area (Å²) in [5.41, 5.74) is 6.35. The molecular weight excluding hydrogens is 218 g/mol. The van der Waals surface area contributed by atoms with E-state index < -0.39 is 5.91 Å². The normalized spacial score (nSPS) is 9.94. The third kappa shape index (κ3) is 2.78. The van der Waals surface area contributed by atoms with Gasteiger partial charge in [-0.2, -0.15) is 0 Å². The molecule has 0 fully saturated rings. The summed E-state index contributed by atoms with van der Waals surface area (Å²) < 4.78 is 5.47. The fourth-order valence-corrected chi connectivity index (χ4v) is 1.30. The van der Waals surface area contributed by atoms with Crippen molar-refractivity contribution in [1.29, 1.82) is 0 Å². The predicted molar refractivity (Wildman–Crippen MR) is 61.8 cm³/mol. The maximum absolute atomic E-state index is 10.9. The summed E-state index contributed by atoms with van der Waals surface area (Å²) in [5.74, 6) is 0.527. The highest BCUT2D eigenvalue weighted by molar-refractivity contribution is 5.92. The van der Waals surface area contributed by atoms with Crippen molar-refractivity contribution in [3.05, 3.63) is 47.9 Å². The van der Waals surface area contributed by atoms with Crippen molar-refractivity contribution in [3.63, 3.8) is 0 Å². The van der Waals surface area contributed by atoms with Crippen molar-refractivity contribution >= 4 is 5.91 Å². The molecule has 1 heterocycles. The minimum atomic E-state index is -0.466. The van der Waals surface area contributed by atoms with Crippen LogP contribution in [-0.2, 0) is 0 Å². The van der Waals surface area contributed by atoms with E-state index in [-0.39, 0.29) is 0 Å². The molecule has 1 amide bonds. The fourth-order valence-electron chi connectivity index (χ4n) is 1.30. The highest BCUT2D eigenvalue weighted by Gasteiger charge is 2.02. The minimum Gasteiger partial charge on any atom is -0.437 e. The van der Waals surface area contributed by atoms with E-state index in [0.717, 1.165) is 5.69 Å². The van der Waals surface area contributed by atoms with Crippen LogP contribution in [0.3, 0.4) is 0 Å². The van der Waals surface area contributed by atoms with Gasteiger partial charge >= 0.3 is 0 Å². The third-order valence-corrected chi connectivity index (χ3v) is 2.09. The van der Waals surface area contributed by atoms with Gasteiger partial charge in [-0.25, -0.2) is 4.98 Å². The van der Waals surface area contributed by atoms with Gasteiger partial charge in [0.2, 0.25) is 11.8 Å². The van der Waals surface area contributed by atoms with E-state index in [1.807, 2.05) is 6.92 Å². The van der Waals surface area contributed by atoms with Crippen LogP contribution in [0.2, 0.25) is 0 Å². The molecule has 0 unspecified atom stereocenters. The number of nitrogens with zero attached hydrogens (tertiary/aromatic N) is 2. The fraction of sp³-hybridized carbons (Fsp3) is 0.0833. The molecule has 1 aromatic carbocycles. The number of hydrogen-bond acceptors (Lipinski definition) is 4. The summed E-state index contributed by atoms with van der Waals surface area (Å²) in [5, 5.41) is 0. The van der Waals surface area contributed by atoms with E-state index in [4.69, 9.17) is 10.5 Å². The molecule has 5 heteroatoms. The molecule has 1 aromatic heterocycles. The van der Waals surface area contributed by atoms with Gasteiger partial charge in [0, 0.05) is 11.8 Å². The Hall–Kier alpha value is -2.43. The number of primary amides is 1. The average Bonchev–Trinajstić information content (AvgIpc) is 2.29. The molecule has 2 rings (SSSR count). The van der Waals surface area contributed by atoms with Crippen molar-refractivity contribution < 1.29 is 9.53 Å². The lowest BCUT2D eigenvalue weighted by Gasteiger charge is -2.04. The zero-order valence-corrected chi connectivity index (χ0v) is 9.25. The van der Waals surface area contributed by atoms with Crippen LogP contribution < -0.4 is 10.5 Å². The molecule has 0 bridgehead atoms. The SMILES string of the molecule is Cc1cncc(Oc2ccc(C(N)=O)cc2)n1. The highest BCUT2D eigenvalue weighted by atomic mass is 16.5. The highest BCUT2D eigenvalue weighted by Crippen LogP contribution is 2.18. The average molecular weight is 229 g/mol. The predicted octanol–water partition coefficient (Wildman–Crippen LogP) is 1.68. The van der Waals surface area contributed by atoms with Crippen LogP contribution in [0.4, 0.5) is 0 Å². The number of aromatic nitrogens is 2. The van der Waals surface area contributed by atoms with Gasteiger partial charge in [0.05, 0.1) is 11.9 Å². The topological polar surface area (TPSA) is 78.1 Å². The molecule has 0 saturated heterocycles. The number of nitrogens with two attached hydrogens (primary N) is 1. The number of aryl methyl sites for hydroxylation is 1. The molecule has 0 radical (unpaired) electrons. The van der Waals surface area contributed by atoms with E-state index in [1.165, 1.54) is 6.20 Å². The standard InChI is InChI=1S/C12H11N3O2/c1-8-6-14-7-11(15-8)17-10-4-2-9(3-5-10)12(13)16/h2-7H,1H3,(H2,13,16). The number of benzene rings is 1. The minimum absolute atomic E-state index is 0.414. The lowest BCUT2D eigenvalue weighted by atomic mass is 10.2. The maximum atomic E-state index is 10.9. The number of carbonyl (C=O) groups excluding carboxylic acids is 1. The molecule has 2 aromatic rings. The van der Waals surface area contributed by atoms with Crippen LogP contribution in [0.25, 0.3) is 0 Å². The van der Waals surface area contributed by atoms with E-state index in [2.05, 4.69) is 9.97 Å². The second-order valence-corrected chi connectivity index (χ2v) is 3.49. The number of ether oxygens (including phenoxy) is 1. The second-order valence-electron chi connectivity index (χ2n) is 3.49. The van der Waals surface area contributed by atoms with Gasteiger partial charge in [-0.3, -0.25) is 9.78 Å². The van der Waals surface area contributed by atoms with Gasteiger partial charge in [0.15, 0.2) is 0 Å². The summed E-state index contributed by atoms with van der Waals surface area (Å²) in [6.07, 6.45) is 3.16. The summed E-state index contributed by atoms with van der Waals surface area (Å²) in [6, 6.07) is 6.51. The molecule has 0 saturated carbocycles. The van der Waals surface area contributed by atoms with Crippen molar-refractivity contribution in [1.82, 2.24) is 9.97 Å². The monoisotopic (exact) mass is 229 g/mol. The van der Waals surface area contributed by atoms with Crippen molar-refractivity contribution in [2.24, 2.45) is 5.73 Å². The van der Waals surface area contributed by atoms with Crippen LogP contribution in [0.1, 0.15) is 16.1 Å². The van der Waals surface area contributed by atoms with Crippen molar-refractivity contribution in [2.75, 3.05) is 0 Å². The first-order valence-electron chi connectivity index (χ1n) is 5.01. The Morgan fingerprint density at radius 2 is 1.94 bits per heavy atom. The quantitative estimate of drug-likeness (QED) is 0.868. The maximum Gasteiger partial charge on any atom is 0.248 e. The first-order valence-corrected chi connectivity index (χ1v) is 5.01. The van der Waals surface area contributed by atoms with Gasteiger partial charge in [0.25, 0.3) is 0 Å². The molecule has 0 aliphatic rings. The first kappa shape index (κ1) is 11.1. The van der Waals surface area contributed by atoms with E-state index in [9.17, 15) is 4.79 Å². The summed E-state index contributed by atoms with van der Waals surface area (Å²) >= 11 is 0. The van der Waals surface area contributed by atoms with Crippen LogP contribution in [0.5, 0.6) is 11.6 Å². The van der Waals surface area contributed by atoms with Crippen molar-refractivity contribution in [2.45, 2.75) is 6.92 Å². The number of hydrogen-bond donors (Lipinski definition) is 1. The molecule has 0 aliphatic heterocycles. The van der Waals surface area contributed by atoms with Gasteiger partial charge in [-0.15, -0.1) is 0 Å². The van der Waals surface area contributed by atoms with Crippen LogP contribution >= 0.6 is 0 Å². The third-order valence-electron chi connectivity index (χ3n) is 2.09. The first-order chi connectivity index (χ1) is 8.15. The largest absolute Gasteiger partial charge is 0.437 e. The number of rotatable bonds is 3. The van der Waals surface area contributed by atoms with Gasteiger partial charge in [-0.05, 0) is 31.2 Å². The molecular formula is C12H11N3O2. The van der Waals surface area contributed by atoms with Crippen LogP contribution in [0.15, 0.2) is 36.7 Å². The Morgan fingerprint density at radius 1 is 1.24 bits per heavy atom. The van der Waals surface area contributed by atoms with Crippen molar-refractivity contribution in [3.8, 4) is 11.6 Å². The van der Waals surface area contributed by atoms with Gasteiger partial charge in [0.1, 0.15) is 5.75 Å². The summed E-state index contributed by atoms with van der Waals surface area (Å²) in [7, 11) is 0. The van der Waals surface area contributed by atoms with E-state index in [1.54, 1.807) is 30.5 Å². The lowest BCUT2D eigenvalue weighted by molar-refractivity contribution is 0.100. The number of carbonyl (C=O) groups is 1. The Bertz CT molecular complexity index is 538. The Kier molecular flexibility index (Phi) is 3.00. The molecule has 2 N–H and O–H groups in total. The Labute approximate surface area is 98.3 Å². The molecule has 0 spiro atoms. The Morgan fingerprint density at radius 3 is 2.53 bits per heavy atom. The van der Waals surface area contributed by atoms with Gasteiger partial charge < -0.3 is 10.5 Å². The van der Waals surface area contributed by atoms with E-state index >= 15 is 0 Å². The van der Waals surface area contributed by atoms with Gasteiger partial charge in [-0.1, -0.05) is 0 Å². The molecule has 0 atom stereocenters. The second kappa shape index (κ2) is 4.61. The smallest absolute Gasteiger partial charge is 0.248 e. The molecule has 5 nitrogen and oxygen atoms in total. The van der Waals surface area contributed by atoms with Crippen LogP contribution in [-0.4, -0.2) is 15.9 Å². The zero-order valence-electron chi connectivity index (χ0n) is 9.25. The summed E-state index contributed by atoms with van der Waals surface area (Å²) in [4.78, 5) is 19.0. The number of amides is 1.